The molecule has 0 atom stereocenters. The summed E-state index contributed by atoms with van der Waals surface area (Å²) in [6, 6.07) is 7.44. The molecule has 8 heteroatoms. The Morgan fingerprint density at radius 1 is 1.07 bits per heavy atom. The Balaban J connectivity index is 2.28. The van der Waals surface area contributed by atoms with Crippen LogP contribution in [0, 0.1) is 6.92 Å². The maximum Gasteiger partial charge on any atom is 0.348 e. The molecule has 1 N–H and O–H groups in total. The Morgan fingerprint density at radius 3 is 2.29 bits per heavy atom. The summed E-state index contributed by atoms with van der Waals surface area (Å²) in [6.07, 6.45) is 3.01. The van der Waals surface area contributed by atoms with Crippen molar-refractivity contribution in [1.29, 1.82) is 0 Å². The van der Waals surface area contributed by atoms with Gasteiger partial charge < -0.3 is 14.8 Å². The van der Waals surface area contributed by atoms with Gasteiger partial charge in [0.05, 0.1) is 18.8 Å². The molecule has 6 nitrogen and oxygen atoms in total. The van der Waals surface area contributed by atoms with Crippen LogP contribution in [0.1, 0.15) is 45.0 Å². The number of rotatable bonds is 7. The van der Waals surface area contributed by atoms with Gasteiger partial charge in [0.15, 0.2) is 0 Å². The maximum absolute atomic E-state index is 12.3. The van der Waals surface area contributed by atoms with Crippen molar-refractivity contribution in [3.63, 3.8) is 0 Å². The molecule has 0 bridgehead atoms. The average Bonchev–Trinajstić information content (AvgIpc) is 2.97. The molecular formula is C20H20BrNO5S. The van der Waals surface area contributed by atoms with Crippen molar-refractivity contribution in [3.05, 3.63) is 56.4 Å². The summed E-state index contributed by atoms with van der Waals surface area (Å²) in [5.41, 5.74) is 1.44. The van der Waals surface area contributed by atoms with Gasteiger partial charge in [-0.1, -0.05) is 28.1 Å². The first-order valence-corrected chi connectivity index (χ1v) is 10.2. The lowest BCUT2D eigenvalue weighted by Gasteiger charge is -2.05. The summed E-state index contributed by atoms with van der Waals surface area (Å²) < 4.78 is 11.0. The van der Waals surface area contributed by atoms with E-state index in [-0.39, 0.29) is 28.7 Å². The summed E-state index contributed by atoms with van der Waals surface area (Å²) in [5, 5.41) is 2.92. The van der Waals surface area contributed by atoms with Gasteiger partial charge in [0.1, 0.15) is 9.88 Å². The second-order valence-corrected chi connectivity index (χ2v) is 7.51. The van der Waals surface area contributed by atoms with E-state index in [2.05, 4.69) is 21.2 Å². The number of carbonyl (C=O) groups excluding carboxylic acids is 3. The molecule has 0 aliphatic carbocycles. The minimum Gasteiger partial charge on any atom is -0.462 e. The van der Waals surface area contributed by atoms with Gasteiger partial charge in [0.25, 0.3) is 0 Å². The van der Waals surface area contributed by atoms with Crippen LogP contribution in [0.4, 0.5) is 5.00 Å². The molecule has 1 amide bonds. The molecule has 0 radical (unpaired) electrons. The monoisotopic (exact) mass is 465 g/mol. The predicted molar refractivity (Wildman–Crippen MR) is 113 cm³/mol. The summed E-state index contributed by atoms with van der Waals surface area (Å²) in [4.78, 5) is 37.1. The largest absolute Gasteiger partial charge is 0.462 e. The Labute approximate surface area is 175 Å². The standard InChI is InChI=1S/C20H20BrNO5S/c1-4-26-19(24)16-12(3)17(20(25)27-5-2)28-18(16)22-15(23)11-8-13-6-9-14(21)10-7-13/h6-11H,4-5H2,1-3H3,(H,22,23). The van der Waals surface area contributed by atoms with Crippen molar-refractivity contribution in [2.45, 2.75) is 20.8 Å². The van der Waals surface area contributed by atoms with Gasteiger partial charge in [-0.2, -0.15) is 0 Å². The Morgan fingerprint density at radius 2 is 1.68 bits per heavy atom. The third-order valence-electron chi connectivity index (χ3n) is 3.62. The Kier molecular flexibility index (Phi) is 7.95. The number of hydrogen-bond acceptors (Lipinski definition) is 6. The van der Waals surface area contributed by atoms with Crippen LogP contribution in [0.25, 0.3) is 6.08 Å². The van der Waals surface area contributed by atoms with Crippen LogP contribution in [0.5, 0.6) is 0 Å². The molecule has 0 unspecified atom stereocenters. The number of hydrogen-bond donors (Lipinski definition) is 1. The average molecular weight is 466 g/mol. The molecule has 0 fully saturated rings. The number of carbonyl (C=O) groups is 3. The summed E-state index contributed by atoms with van der Waals surface area (Å²) >= 11 is 4.35. The molecule has 2 rings (SSSR count). The molecule has 0 saturated carbocycles. The molecule has 1 heterocycles. The fourth-order valence-corrected chi connectivity index (χ4v) is 3.70. The number of amides is 1. The van der Waals surface area contributed by atoms with Crippen molar-refractivity contribution < 1.29 is 23.9 Å². The first-order chi connectivity index (χ1) is 13.4. The van der Waals surface area contributed by atoms with Gasteiger partial charge in [0, 0.05) is 10.5 Å². The van der Waals surface area contributed by atoms with Gasteiger partial charge in [-0.05, 0) is 50.1 Å². The van der Waals surface area contributed by atoms with Crippen LogP contribution in [0.3, 0.4) is 0 Å². The number of ether oxygens (including phenoxy) is 2. The third kappa shape index (κ3) is 5.53. The number of halogens is 1. The molecular weight excluding hydrogens is 446 g/mol. The smallest absolute Gasteiger partial charge is 0.348 e. The lowest BCUT2D eigenvalue weighted by molar-refractivity contribution is -0.111. The first-order valence-electron chi connectivity index (χ1n) is 8.59. The fraction of sp³-hybridized carbons (Fsp3) is 0.250. The number of anilines is 1. The van der Waals surface area contributed by atoms with Gasteiger partial charge in [-0.15, -0.1) is 11.3 Å². The van der Waals surface area contributed by atoms with Gasteiger partial charge in [0.2, 0.25) is 5.91 Å². The molecule has 0 spiro atoms. The van der Waals surface area contributed by atoms with Crippen LogP contribution in [-0.2, 0) is 14.3 Å². The van der Waals surface area contributed by atoms with E-state index in [4.69, 9.17) is 9.47 Å². The highest BCUT2D eigenvalue weighted by atomic mass is 79.9. The van der Waals surface area contributed by atoms with Crippen molar-refractivity contribution in [2.24, 2.45) is 0 Å². The van der Waals surface area contributed by atoms with E-state index in [1.165, 1.54) is 6.08 Å². The molecule has 2 aromatic rings. The number of benzene rings is 1. The van der Waals surface area contributed by atoms with Gasteiger partial charge in [-0.25, -0.2) is 9.59 Å². The molecule has 0 aliphatic heterocycles. The van der Waals surface area contributed by atoms with Crippen molar-refractivity contribution in [2.75, 3.05) is 18.5 Å². The highest BCUT2D eigenvalue weighted by Gasteiger charge is 2.26. The second kappa shape index (κ2) is 10.2. The first kappa shape index (κ1) is 21.8. The SMILES string of the molecule is CCOC(=O)c1sc(NC(=O)C=Cc2ccc(Br)cc2)c(C(=O)OCC)c1C. The number of thiophene rings is 1. The lowest BCUT2D eigenvalue weighted by atomic mass is 10.1. The van der Waals surface area contributed by atoms with Crippen molar-refractivity contribution in [3.8, 4) is 0 Å². The van der Waals surface area contributed by atoms with E-state index >= 15 is 0 Å². The molecule has 1 aromatic carbocycles. The van der Waals surface area contributed by atoms with Crippen LogP contribution < -0.4 is 5.32 Å². The van der Waals surface area contributed by atoms with Crippen molar-refractivity contribution >= 4 is 56.2 Å². The molecule has 28 heavy (non-hydrogen) atoms. The van der Waals surface area contributed by atoms with E-state index < -0.39 is 17.8 Å². The summed E-state index contributed by atoms with van der Waals surface area (Å²) in [6.45, 7) is 5.40. The van der Waals surface area contributed by atoms with Crippen LogP contribution in [-0.4, -0.2) is 31.1 Å². The van der Waals surface area contributed by atoms with Crippen LogP contribution >= 0.6 is 27.3 Å². The predicted octanol–water partition coefficient (Wildman–Crippen LogP) is 4.82. The highest BCUT2D eigenvalue weighted by Crippen LogP contribution is 2.34. The normalized spacial score (nSPS) is 10.7. The third-order valence-corrected chi connectivity index (χ3v) is 5.34. The zero-order valence-electron chi connectivity index (χ0n) is 15.7. The summed E-state index contributed by atoms with van der Waals surface area (Å²) in [5.74, 6) is -1.56. The number of nitrogens with one attached hydrogen (secondary N) is 1. The molecule has 0 saturated heterocycles. The van der Waals surface area contributed by atoms with E-state index in [0.717, 1.165) is 21.4 Å². The highest BCUT2D eigenvalue weighted by molar-refractivity contribution is 9.10. The van der Waals surface area contributed by atoms with E-state index in [1.54, 1.807) is 26.8 Å². The van der Waals surface area contributed by atoms with E-state index in [0.29, 0.717) is 5.56 Å². The fourth-order valence-electron chi connectivity index (χ4n) is 2.34. The minimum atomic E-state index is -0.598. The van der Waals surface area contributed by atoms with Gasteiger partial charge in [-0.3, -0.25) is 4.79 Å². The Bertz CT molecular complexity index is 902. The molecule has 148 valence electrons. The minimum absolute atomic E-state index is 0.167. The molecule has 1 aromatic heterocycles. The zero-order chi connectivity index (χ0) is 20.7. The lowest BCUT2D eigenvalue weighted by Crippen LogP contribution is -2.13. The molecule has 0 aliphatic rings. The van der Waals surface area contributed by atoms with Gasteiger partial charge >= 0.3 is 11.9 Å². The Hall–Kier alpha value is -2.45. The summed E-state index contributed by atoms with van der Waals surface area (Å²) in [7, 11) is 0. The van der Waals surface area contributed by atoms with E-state index in [9.17, 15) is 14.4 Å². The number of esters is 2. The topological polar surface area (TPSA) is 81.7 Å². The quantitative estimate of drug-likeness (QED) is 0.467. The van der Waals surface area contributed by atoms with E-state index in [1.807, 2.05) is 24.3 Å². The van der Waals surface area contributed by atoms with Crippen LogP contribution in [0.15, 0.2) is 34.8 Å². The van der Waals surface area contributed by atoms with Crippen molar-refractivity contribution in [1.82, 2.24) is 0 Å². The second-order valence-electron chi connectivity index (χ2n) is 5.58. The van der Waals surface area contributed by atoms with Crippen LogP contribution in [0.2, 0.25) is 0 Å². The maximum atomic E-state index is 12.3. The zero-order valence-corrected chi connectivity index (χ0v) is 18.1.